The SMILES string of the molecule is CCOc1ccccc1C(C)NC1CCCCCC1O. The lowest BCUT2D eigenvalue weighted by Crippen LogP contribution is -2.40. The van der Waals surface area contributed by atoms with Gasteiger partial charge >= 0.3 is 0 Å². The second-order valence-corrected chi connectivity index (χ2v) is 5.67. The molecule has 3 heteroatoms. The van der Waals surface area contributed by atoms with Crippen molar-refractivity contribution in [2.45, 2.75) is 64.1 Å². The van der Waals surface area contributed by atoms with Crippen LogP contribution in [-0.2, 0) is 0 Å². The smallest absolute Gasteiger partial charge is 0.124 e. The van der Waals surface area contributed by atoms with Gasteiger partial charge < -0.3 is 15.2 Å². The highest BCUT2D eigenvalue weighted by Crippen LogP contribution is 2.27. The Kier molecular flexibility index (Phi) is 5.86. The van der Waals surface area contributed by atoms with E-state index in [0.717, 1.165) is 25.0 Å². The molecule has 0 amide bonds. The molecule has 3 nitrogen and oxygen atoms in total. The van der Waals surface area contributed by atoms with Crippen molar-refractivity contribution in [1.29, 1.82) is 0 Å². The normalized spacial score (nSPS) is 24.9. The van der Waals surface area contributed by atoms with Crippen LogP contribution >= 0.6 is 0 Å². The van der Waals surface area contributed by atoms with Crippen LogP contribution in [0.4, 0.5) is 0 Å². The number of ether oxygens (including phenoxy) is 1. The highest BCUT2D eigenvalue weighted by molar-refractivity contribution is 5.35. The summed E-state index contributed by atoms with van der Waals surface area (Å²) in [7, 11) is 0. The van der Waals surface area contributed by atoms with Gasteiger partial charge in [-0.05, 0) is 32.8 Å². The first-order chi connectivity index (χ1) is 9.72. The number of para-hydroxylation sites is 1. The average Bonchev–Trinajstić information content (AvgIpc) is 2.65. The van der Waals surface area contributed by atoms with Gasteiger partial charge in [-0.15, -0.1) is 0 Å². The van der Waals surface area contributed by atoms with Crippen molar-refractivity contribution in [1.82, 2.24) is 5.32 Å². The molecule has 1 aliphatic rings. The van der Waals surface area contributed by atoms with Crippen molar-refractivity contribution in [2.75, 3.05) is 6.61 Å². The van der Waals surface area contributed by atoms with E-state index in [1.165, 1.54) is 18.4 Å². The van der Waals surface area contributed by atoms with E-state index >= 15 is 0 Å². The maximum absolute atomic E-state index is 10.2. The Hall–Kier alpha value is -1.06. The molecule has 112 valence electrons. The minimum atomic E-state index is -0.223. The molecule has 0 heterocycles. The van der Waals surface area contributed by atoms with Gasteiger partial charge in [0.1, 0.15) is 5.75 Å². The van der Waals surface area contributed by atoms with Crippen molar-refractivity contribution < 1.29 is 9.84 Å². The van der Waals surface area contributed by atoms with Gasteiger partial charge in [0.2, 0.25) is 0 Å². The predicted octanol–water partition coefficient (Wildman–Crippen LogP) is 3.43. The van der Waals surface area contributed by atoms with E-state index in [4.69, 9.17) is 4.74 Å². The lowest BCUT2D eigenvalue weighted by Gasteiger charge is -2.27. The lowest BCUT2D eigenvalue weighted by atomic mass is 10.0. The van der Waals surface area contributed by atoms with Crippen LogP contribution in [0, 0.1) is 0 Å². The summed E-state index contributed by atoms with van der Waals surface area (Å²) in [5, 5.41) is 13.8. The first-order valence-electron chi connectivity index (χ1n) is 7.88. The molecule has 3 atom stereocenters. The predicted molar refractivity (Wildman–Crippen MR) is 82.0 cm³/mol. The topological polar surface area (TPSA) is 41.5 Å². The van der Waals surface area contributed by atoms with E-state index in [1.54, 1.807) is 0 Å². The second-order valence-electron chi connectivity index (χ2n) is 5.67. The van der Waals surface area contributed by atoms with Crippen LogP contribution in [0.1, 0.15) is 57.6 Å². The van der Waals surface area contributed by atoms with Crippen LogP contribution < -0.4 is 10.1 Å². The fourth-order valence-corrected chi connectivity index (χ4v) is 3.02. The highest BCUT2D eigenvalue weighted by Gasteiger charge is 2.24. The third kappa shape index (κ3) is 3.97. The Morgan fingerprint density at radius 3 is 2.80 bits per heavy atom. The number of hydrogen-bond donors (Lipinski definition) is 2. The van der Waals surface area contributed by atoms with Crippen LogP contribution in [0.25, 0.3) is 0 Å². The van der Waals surface area contributed by atoms with Crippen molar-refractivity contribution in [3.63, 3.8) is 0 Å². The zero-order valence-corrected chi connectivity index (χ0v) is 12.6. The molecule has 1 fully saturated rings. The Morgan fingerprint density at radius 2 is 2.00 bits per heavy atom. The molecule has 0 aromatic heterocycles. The summed E-state index contributed by atoms with van der Waals surface area (Å²) < 4.78 is 5.70. The molecule has 1 aliphatic carbocycles. The summed E-state index contributed by atoms with van der Waals surface area (Å²) in [6.45, 7) is 4.83. The third-order valence-electron chi connectivity index (χ3n) is 4.13. The summed E-state index contributed by atoms with van der Waals surface area (Å²) in [6.07, 6.45) is 5.33. The standard InChI is InChI=1S/C17H27NO2/c1-3-20-17-12-8-7-9-14(17)13(2)18-15-10-5-4-6-11-16(15)19/h7-9,12-13,15-16,18-19H,3-6,10-11H2,1-2H3. The molecule has 2 N–H and O–H groups in total. The van der Waals surface area contributed by atoms with E-state index in [9.17, 15) is 5.11 Å². The largest absolute Gasteiger partial charge is 0.494 e. The van der Waals surface area contributed by atoms with E-state index in [2.05, 4.69) is 18.3 Å². The van der Waals surface area contributed by atoms with Crippen molar-refractivity contribution in [3.05, 3.63) is 29.8 Å². The zero-order valence-electron chi connectivity index (χ0n) is 12.6. The minimum Gasteiger partial charge on any atom is -0.494 e. The van der Waals surface area contributed by atoms with E-state index in [-0.39, 0.29) is 18.2 Å². The summed E-state index contributed by atoms with van der Waals surface area (Å²) in [5.41, 5.74) is 1.17. The molecule has 0 aliphatic heterocycles. The number of hydrogen-bond acceptors (Lipinski definition) is 3. The van der Waals surface area contributed by atoms with Gasteiger partial charge in [0.05, 0.1) is 12.7 Å². The maximum atomic E-state index is 10.2. The van der Waals surface area contributed by atoms with Gasteiger partial charge in [-0.1, -0.05) is 37.5 Å². The second kappa shape index (κ2) is 7.65. The Balaban J connectivity index is 2.05. The van der Waals surface area contributed by atoms with Gasteiger partial charge in [0.25, 0.3) is 0 Å². The monoisotopic (exact) mass is 277 g/mol. The molecular weight excluding hydrogens is 250 g/mol. The van der Waals surface area contributed by atoms with Crippen LogP contribution in [0.5, 0.6) is 5.75 Å². The lowest BCUT2D eigenvalue weighted by molar-refractivity contribution is 0.114. The summed E-state index contributed by atoms with van der Waals surface area (Å²) in [6, 6.07) is 8.55. The molecule has 1 aromatic carbocycles. The van der Waals surface area contributed by atoms with Gasteiger partial charge in [0, 0.05) is 17.6 Å². The van der Waals surface area contributed by atoms with Crippen LogP contribution in [0.3, 0.4) is 0 Å². The molecule has 0 radical (unpaired) electrons. The molecule has 3 unspecified atom stereocenters. The molecule has 1 aromatic rings. The molecule has 2 rings (SSSR count). The molecule has 0 bridgehead atoms. The molecular formula is C17H27NO2. The van der Waals surface area contributed by atoms with Crippen molar-refractivity contribution in [3.8, 4) is 5.75 Å². The van der Waals surface area contributed by atoms with Gasteiger partial charge in [0.15, 0.2) is 0 Å². The van der Waals surface area contributed by atoms with Gasteiger partial charge in [-0.3, -0.25) is 0 Å². The van der Waals surface area contributed by atoms with E-state index in [0.29, 0.717) is 6.61 Å². The Labute approximate surface area is 122 Å². The quantitative estimate of drug-likeness (QED) is 0.810. The number of aliphatic hydroxyl groups is 1. The minimum absolute atomic E-state index is 0.190. The van der Waals surface area contributed by atoms with Crippen molar-refractivity contribution in [2.24, 2.45) is 0 Å². The fraction of sp³-hybridized carbons (Fsp3) is 0.647. The number of nitrogens with one attached hydrogen (secondary N) is 1. The first kappa shape index (κ1) is 15.3. The fourth-order valence-electron chi connectivity index (χ4n) is 3.02. The molecule has 0 saturated heterocycles. The van der Waals surface area contributed by atoms with Crippen LogP contribution in [0.15, 0.2) is 24.3 Å². The number of rotatable bonds is 5. The first-order valence-corrected chi connectivity index (χ1v) is 7.88. The third-order valence-corrected chi connectivity index (χ3v) is 4.13. The van der Waals surface area contributed by atoms with Gasteiger partial charge in [-0.2, -0.15) is 0 Å². The Bertz CT molecular complexity index is 408. The number of benzene rings is 1. The van der Waals surface area contributed by atoms with E-state index in [1.807, 2.05) is 25.1 Å². The van der Waals surface area contributed by atoms with Crippen molar-refractivity contribution >= 4 is 0 Å². The number of aliphatic hydroxyl groups excluding tert-OH is 1. The van der Waals surface area contributed by atoms with E-state index < -0.39 is 0 Å². The summed E-state index contributed by atoms with van der Waals surface area (Å²) in [5.74, 6) is 0.943. The van der Waals surface area contributed by atoms with Crippen LogP contribution in [0.2, 0.25) is 0 Å². The molecule has 0 spiro atoms. The maximum Gasteiger partial charge on any atom is 0.124 e. The summed E-state index contributed by atoms with van der Waals surface area (Å²) in [4.78, 5) is 0. The molecule has 20 heavy (non-hydrogen) atoms. The Morgan fingerprint density at radius 1 is 1.25 bits per heavy atom. The van der Waals surface area contributed by atoms with Crippen LogP contribution in [-0.4, -0.2) is 23.9 Å². The highest BCUT2D eigenvalue weighted by atomic mass is 16.5. The van der Waals surface area contributed by atoms with Gasteiger partial charge in [-0.25, -0.2) is 0 Å². The summed E-state index contributed by atoms with van der Waals surface area (Å²) >= 11 is 0. The average molecular weight is 277 g/mol. The zero-order chi connectivity index (χ0) is 14.4. The molecule has 1 saturated carbocycles.